The number of ether oxygens (including phenoxy) is 1. The Kier molecular flexibility index (Phi) is 13.2. The highest BCUT2D eigenvalue weighted by atomic mass is 16.5. The maximum Gasteiger partial charge on any atom is 0.119 e. The van der Waals surface area contributed by atoms with Gasteiger partial charge in [0.05, 0.1) is 5.69 Å². The third-order valence-electron chi connectivity index (χ3n) is 7.87. The lowest BCUT2D eigenvalue weighted by Crippen LogP contribution is -2.22. The second-order valence-electron chi connectivity index (χ2n) is 11.2. The molecule has 0 bridgehead atoms. The minimum Gasteiger partial charge on any atom is -0.492 e. The molecule has 220 valence electrons. The van der Waals surface area contributed by atoms with E-state index in [1.165, 1.54) is 70.1 Å². The van der Waals surface area contributed by atoms with Gasteiger partial charge >= 0.3 is 0 Å². The molecule has 0 radical (unpaired) electrons. The van der Waals surface area contributed by atoms with Crippen LogP contribution in [0.5, 0.6) is 5.75 Å². The van der Waals surface area contributed by atoms with E-state index in [1.807, 2.05) is 6.92 Å². The summed E-state index contributed by atoms with van der Waals surface area (Å²) in [4.78, 5) is 0. The van der Waals surface area contributed by atoms with E-state index in [4.69, 9.17) is 4.74 Å². The van der Waals surface area contributed by atoms with E-state index < -0.39 is 0 Å². The Morgan fingerprint density at radius 1 is 0.902 bits per heavy atom. The number of unbranched alkanes of at least 4 members (excludes halogenated alkanes) is 3. The summed E-state index contributed by atoms with van der Waals surface area (Å²) in [5, 5.41) is 4.85. The summed E-state index contributed by atoms with van der Waals surface area (Å²) in [6.45, 7) is 20.0. The number of nitrogens with one attached hydrogen (secondary N) is 1. The van der Waals surface area contributed by atoms with Crippen molar-refractivity contribution in [1.29, 1.82) is 0 Å². The van der Waals surface area contributed by atoms with Gasteiger partial charge in [-0.3, -0.25) is 0 Å². The Morgan fingerprint density at radius 3 is 2.27 bits per heavy atom. The van der Waals surface area contributed by atoms with Crippen LogP contribution in [0, 0.1) is 13.8 Å². The number of hydrogen-bond donors (Lipinski definition) is 1. The Bertz CT molecular complexity index is 1330. The van der Waals surface area contributed by atoms with Gasteiger partial charge in [-0.2, -0.15) is 0 Å². The lowest BCUT2D eigenvalue weighted by Gasteiger charge is -2.14. The first kappa shape index (κ1) is 32.2. The van der Waals surface area contributed by atoms with Gasteiger partial charge in [-0.05, 0) is 92.6 Å². The highest BCUT2D eigenvalue weighted by Gasteiger charge is 2.17. The van der Waals surface area contributed by atoms with Gasteiger partial charge in [0.1, 0.15) is 12.4 Å². The summed E-state index contributed by atoms with van der Waals surface area (Å²) < 4.78 is 8.49. The second-order valence-corrected chi connectivity index (χ2v) is 11.2. The lowest BCUT2D eigenvalue weighted by molar-refractivity contribution is 0.313. The van der Waals surface area contributed by atoms with Gasteiger partial charge in [-0.1, -0.05) is 94.1 Å². The van der Waals surface area contributed by atoms with Gasteiger partial charge in [-0.15, -0.1) is 6.58 Å². The molecule has 1 heterocycles. The molecule has 0 aliphatic heterocycles. The fourth-order valence-electron chi connectivity index (χ4n) is 5.25. The average molecular weight is 553 g/mol. The Hall–Kier alpha value is -3.30. The predicted molar refractivity (Wildman–Crippen MR) is 179 cm³/mol. The van der Waals surface area contributed by atoms with Crippen molar-refractivity contribution in [3.8, 4) is 17.0 Å². The fraction of sp³-hybridized carbons (Fsp3) is 0.421. The van der Waals surface area contributed by atoms with Gasteiger partial charge in [0.15, 0.2) is 0 Å². The van der Waals surface area contributed by atoms with Crippen LogP contribution in [0.2, 0.25) is 0 Å². The van der Waals surface area contributed by atoms with Crippen LogP contribution in [-0.4, -0.2) is 24.3 Å². The Balaban J connectivity index is 0.00000147. The Labute approximate surface area is 249 Å². The van der Waals surface area contributed by atoms with E-state index in [0.717, 1.165) is 31.8 Å². The zero-order chi connectivity index (χ0) is 29.6. The molecule has 4 aromatic rings. The maximum atomic E-state index is 5.99. The van der Waals surface area contributed by atoms with Crippen molar-refractivity contribution in [2.75, 3.05) is 19.7 Å². The van der Waals surface area contributed by atoms with Crippen molar-refractivity contribution in [1.82, 2.24) is 9.88 Å². The van der Waals surface area contributed by atoms with E-state index >= 15 is 0 Å². The molecule has 0 aliphatic rings. The normalized spacial score (nSPS) is 11.7. The summed E-state index contributed by atoms with van der Waals surface area (Å²) in [7, 11) is 0. The average Bonchev–Trinajstić information content (AvgIpc) is 3.26. The van der Waals surface area contributed by atoms with Gasteiger partial charge in [0, 0.05) is 24.0 Å². The molecule has 0 amide bonds. The minimum absolute atomic E-state index is 0.564. The number of aromatic nitrogens is 1. The van der Waals surface area contributed by atoms with Crippen molar-refractivity contribution in [2.24, 2.45) is 0 Å². The molecule has 3 nitrogen and oxygen atoms in total. The molecule has 0 aliphatic carbocycles. The molecule has 3 heteroatoms. The highest BCUT2D eigenvalue weighted by molar-refractivity contribution is 5.92. The minimum atomic E-state index is 0.564. The van der Waals surface area contributed by atoms with Gasteiger partial charge in [0.2, 0.25) is 0 Å². The number of nitrogens with zero attached hydrogens (tertiary/aromatic N) is 1. The molecule has 1 aromatic heterocycles. The zero-order valence-electron chi connectivity index (χ0n) is 26.4. The topological polar surface area (TPSA) is 26.2 Å². The molecule has 0 saturated carbocycles. The van der Waals surface area contributed by atoms with Crippen LogP contribution in [-0.2, 0) is 6.54 Å². The summed E-state index contributed by atoms with van der Waals surface area (Å²) >= 11 is 0. The fourth-order valence-corrected chi connectivity index (χ4v) is 5.25. The molecule has 0 spiro atoms. The van der Waals surface area contributed by atoms with Gasteiger partial charge in [-0.25, -0.2) is 0 Å². The molecular formula is C38H52N2O. The van der Waals surface area contributed by atoms with Crippen molar-refractivity contribution >= 4 is 10.9 Å². The number of benzene rings is 3. The molecule has 41 heavy (non-hydrogen) atoms. The van der Waals surface area contributed by atoms with Crippen LogP contribution in [0.15, 0.2) is 79.4 Å². The highest BCUT2D eigenvalue weighted by Crippen LogP contribution is 2.36. The smallest absolute Gasteiger partial charge is 0.119 e. The number of hydrogen-bond acceptors (Lipinski definition) is 2. The Morgan fingerprint density at radius 2 is 1.61 bits per heavy atom. The molecule has 1 unspecified atom stereocenters. The standard InChI is InChI=1S/C35H46N2O.C3H6/c1-6-8-9-10-21-36-22-23-38-32-18-13-29(14-19-32)25-37-34-20-17-31(27(4)7-2)24-33(34)28(5)35(37)30-15-11-26(3)12-16-30;1-3-2/h11-20,24,27,36H,6-10,21-23,25H2,1-5H3;3H,1H2,2H3. The van der Waals surface area contributed by atoms with Crippen molar-refractivity contribution in [3.05, 3.63) is 102 Å². The largest absolute Gasteiger partial charge is 0.492 e. The van der Waals surface area contributed by atoms with Crippen LogP contribution < -0.4 is 10.1 Å². The summed E-state index contributed by atoms with van der Waals surface area (Å²) in [5.74, 6) is 1.50. The van der Waals surface area contributed by atoms with Crippen molar-refractivity contribution in [3.63, 3.8) is 0 Å². The van der Waals surface area contributed by atoms with Crippen LogP contribution in [0.3, 0.4) is 0 Å². The molecule has 0 fully saturated rings. The summed E-state index contributed by atoms with van der Waals surface area (Å²) in [6, 6.07) is 24.7. The van der Waals surface area contributed by atoms with E-state index in [0.29, 0.717) is 12.5 Å². The number of fused-ring (bicyclic) bond motifs is 1. The number of allylic oxidation sites excluding steroid dienone is 1. The summed E-state index contributed by atoms with van der Waals surface area (Å²) in [6.07, 6.45) is 8.08. The lowest BCUT2D eigenvalue weighted by atomic mass is 9.96. The van der Waals surface area contributed by atoms with E-state index in [9.17, 15) is 0 Å². The molecule has 1 N–H and O–H groups in total. The SMILES string of the molecule is C=CC.CCCCCCNCCOc1ccc(Cn2c(-c3ccc(C)cc3)c(C)c3cc(C(C)CC)ccc32)cc1. The van der Waals surface area contributed by atoms with Gasteiger partial charge in [0.25, 0.3) is 0 Å². The third kappa shape index (κ3) is 9.10. The second kappa shape index (κ2) is 16.8. The van der Waals surface area contributed by atoms with Crippen LogP contribution in [0.1, 0.15) is 88.0 Å². The zero-order valence-corrected chi connectivity index (χ0v) is 26.4. The monoisotopic (exact) mass is 552 g/mol. The first-order valence-corrected chi connectivity index (χ1v) is 15.6. The predicted octanol–water partition coefficient (Wildman–Crippen LogP) is 10.2. The van der Waals surface area contributed by atoms with Crippen LogP contribution in [0.4, 0.5) is 0 Å². The van der Waals surface area contributed by atoms with Crippen LogP contribution in [0.25, 0.3) is 22.2 Å². The number of rotatable bonds is 14. The maximum absolute atomic E-state index is 5.99. The first-order chi connectivity index (χ1) is 19.9. The van der Waals surface area contributed by atoms with Crippen LogP contribution >= 0.6 is 0 Å². The van der Waals surface area contributed by atoms with Crippen molar-refractivity contribution < 1.29 is 4.74 Å². The van der Waals surface area contributed by atoms with E-state index in [1.54, 1.807) is 6.08 Å². The van der Waals surface area contributed by atoms with E-state index in [2.05, 4.69) is 118 Å². The molecular weight excluding hydrogens is 500 g/mol. The van der Waals surface area contributed by atoms with Crippen molar-refractivity contribution in [2.45, 2.75) is 86.1 Å². The molecule has 0 saturated heterocycles. The molecule has 1 atom stereocenters. The van der Waals surface area contributed by atoms with Gasteiger partial charge < -0.3 is 14.6 Å². The quantitative estimate of drug-likeness (QED) is 0.124. The molecule has 3 aromatic carbocycles. The first-order valence-electron chi connectivity index (χ1n) is 15.6. The molecule has 4 rings (SSSR count). The third-order valence-corrected chi connectivity index (χ3v) is 7.87. The number of aryl methyl sites for hydroxylation is 2. The van der Waals surface area contributed by atoms with E-state index in [-0.39, 0.29) is 0 Å². The summed E-state index contributed by atoms with van der Waals surface area (Å²) in [5.41, 5.74) is 9.24.